The number of carbonyl (C=O) groups is 1. The van der Waals surface area contributed by atoms with Crippen molar-refractivity contribution in [1.29, 1.82) is 0 Å². The van der Waals surface area contributed by atoms with Crippen LogP contribution in [0.5, 0.6) is 5.75 Å². The first-order valence-corrected chi connectivity index (χ1v) is 8.32. The standard InChI is InChI=1S/C18H16ClFN4O2/c1-2-7-26-11-4-5-12-15(9-11)23-18(16(21)25)24-17(12)22-10-3-6-14(20)13(19)8-10/h3-6,8-9H,2,7H2,1H3,(H2,21,25)(H,22,23,24). The summed E-state index contributed by atoms with van der Waals surface area (Å²) in [6.45, 7) is 2.57. The van der Waals surface area contributed by atoms with Crippen LogP contribution in [0, 0.1) is 5.82 Å². The molecule has 0 unspecified atom stereocenters. The van der Waals surface area contributed by atoms with E-state index in [0.717, 1.165) is 6.42 Å². The Kier molecular flexibility index (Phi) is 5.18. The molecule has 0 aliphatic heterocycles. The van der Waals surface area contributed by atoms with Gasteiger partial charge in [0, 0.05) is 17.1 Å². The van der Waals surface area contributed by atoms with Gasteiger partial charge in [-0.05, 0) is 36.8 Å². The number of amides is 1. The van der Waals surface area contributed by atoms with Crippen molar-refractivity contribution in [3.8, 4) is 5.75 Å². The first-order valence-electron chi connectivity index (χ1n) is 7.94. The van der Waals surface area contributed by atoms with Gasteiger partial charge in [-0.2, -0.15) is 0 Å². The molecule has 3 N–H and O–H groups in total. The summed E-state index contributed by atoms with van der Waals surface area (Å²) in [5.41, 5.74) is 6.35. The summed E-state index contributed by atoms with van der Waals surface area (Å²) >= 11 is 5.81. The molecule has 1 heterocycles. The molecule has 0 fully saturated rings. The van der Waals surface area contributed by atoms with Crippen LogP contribution in [0.3, 0.4) is 0 Å². The van der Waals surface area contributed by atoms with Crippen LogP contribution >= 0.6 is 11.6 Å². The minimum absolute atomic E-state index is 0.0289. The van der Waals surface area contributed by atoms with Gasteiger partial charge in [0.25, 0.3) is 5.91 Å². The summed E-state index contributed by atoms with van der Waals surface area (Å²) in [4.78, 5) is 19.9. The molecule has 0 aliphatic rings. The van der Waals surface area contributed by atoms with Gasteiger partial charge in [0.2, 0.25) is 5.82 Å². The van der Waals surface area contributed by atoms with Gasteiger partial charge in [-0.3, -0.25) is 4.79 Å². The van der Waals surface area contributed by atoms with Crippen molar-refractivity contribution in [3.63, 3.8) is 0 Å². The van der Waals surface area contributed by atoms with E-state index in [1.165, 1.54) is 18.2 Å². The van der Waals surface area contributed by atoms with E-state index >= 15 is 0 Å². The number of halogens is 2. The number of carbonyl (C=O) groups excluding carboxylic acids is 1. The van der Waals surface area contributed by atoms with Gasteiger partial charge in [-0.15, -0.1) is 0 Å². The number of nitrogens with one attached hydrogen (secondary N) is 1. The number of nitrogens with zero attached hydrogens (tertiary/aromatic N) is 2. The fraction of sp³-hybridized carbons (Fsp3) is 0.167. The number of ether oxygens (including phenoxy) is 1. The van der Waals surface area contributed by atoms with E-state index in [4.69, 9.17) is 22.1 Å². The average molecular weight is 375 g/mol. The maximum absolute atomic E-state index is 13.3. The summed E-state index contributed by atoms with van der Waals surface area (Å²) in [5.74, 6) is -0.439. The number of anilines is 2. The van der Waals surface area contributed by atoms with Gasteiger partial charge >= 0.3 is 0 Å². The Morgan fingerprint density at radius 3 is 2.77 bits per heavy atom. The summed E-state index contributed by atoms with van der Waals surface area (Å²) in [6, 6.07) is 9.44. The highest BCUT2D eigenvalue weighted by atomic mass is 35.5. The van der Waals surface area contributed by atoms with Crippen LogP contribution in [-0.2, 0) is 0 Å². The van der Waals surface area contributed by atoms with Crippen LogP contribution < -0.4 is 15.8 Å². The third-order valence-electron chi connectivity index (χ3n) is 3.54. The summed E-state index contributed by atoms with van der Waals surface area (Å²) < 4.78 is 18.9. The average Bonchev–Trinajstić information content (AvgIpc) is 2.62. The number of nitrogens with two attached hydrogens (primary N) is 1. The Bertz CT molecular complexity index is 981. The highest BCUT2D eigenvalue weighted by molar-refractivity contribution is 6.31. The van der Waals surface area contributed by atoms with E-state index in [9.17, 15) is 9.18 Å². The molecule has 0 bridgehead atoms. The van der Waals surface area contributed by atoms with Crippen molar-refractivity contribution in [2.75, 3.05) is 11.9 Å². The molecule has 0 atom stereocenters. The second-order valence-corrected chi connectivity index (χ2v) is 5.95. The summed E-state index contributed by atoms with van der Waals surface area (Å²) in [5, 5.41) is 3.65. The highest BCUT2D eigenvalue weighted by Crippen LogP contribution is 2.28. The monoisotopic (exact) mass is 374 g/mol. The second-order valence-electron chi connectivity index (χ2n) is 5.54. The van der Waals surface area contributed by atoms with E-state index in [1.807, 2.05) is 6.92 Å². The van der Waals surface area contributed by atoms with Crippen LogP contribution in [0.25, 0.3) is 10.9 Å². The third kappa shape index (κ3) is 3.83. The molecule has 0 aliphatic carbocycles. The molecule has 1 aromatic heterocycles. The minimum atomic E-state index is -0.757. The minimum Gasteiger partial charge on any atom is -0.494 e. The second kappa shape index (κ2) is 7.53. The van der Waals surface area contributed by atoms with Crippen molar-refractivity contribution in [3.05, 3.63) is 53.1 Å². The predicted molar refractivity (Wildman–Crippen MR) is 98.5 cm³/mol. The molecule has 0 saturated heterocycles. The predicted octanol–water partition coefficient (Wildman–Crippen LogP) is 4.05. The molecular weight excluding hydrogens is 359 g/mol. The molecule has 8 heteroatoms. The van der Waals surface area contributed by atoms with Crippen molar-refractivity contribution in [1.82, 2.24) is 9.97 Å². The van der Waals surface area contributed by atoms with Crippen molar-refractivity contribution < 1.29 is 13.9 Å². The molecule has 0 saturated carbocycles. The van der Waals surface area contributed by atoms with Gasteiger partial charge in [0.05, 0.1) is 17.1 Å². The Morgan fingerprint density at radius 1 is 1.27 bits per heavy atom. The summed E-state index contributed by atoms with van der Waals surface area (Å²) in [6.07, 6.45) is 0.868. The smallest absolute Gasteiger partial charge is 0.286 e. The molecule has 0 radical (unpaired) electrons. The molecule has 134 valence electrons. The quantitative estimate of drug-likeness (QED) is 0.679. The topological polar surface area (TPSA) is 90.1 Å². The Labute approximate surface area is 154 Å². The van der Waals surface area contributed by atoms with E-state index in [0.29, 0.717) is 34.8 Å². The van der Waals surface area contributed by atoms with Crippen molar-refractivity contribution >= 4 is 39.9 Å². The van der Waals surface area contributed by atoms with Gasteiger partial charge in [-0.1, -0.05) is 18.5 Å². The number of fused-ring (bicyclic) bond motifs is 1. The number of rotatable bonds is 6. The first-order chi connectivity index (χ1) is 12.5. The number of benzene rings is 2. The van der Waals surface area contributed by atoms with E-state index in [-0.39, 0.29) is 10.8 Å². The molecular formula is C18H16ClFN4O2. The fourth-order valence-corrected chi connectivity index (χ4v) is 2.52. The molecule has 26 heavy (non-hydrogen) atoms. The van der Waals surface area contributed by atoms with Crippen molar-refractivity contribution in [2.45, 2.75) is 13.3 Å². The molecule has 1 amide bonds. The van der Waals surface area contributed by atoms with Crippen LogP contribution in [0.2, 0.25) is 5.02 Å². The zero-order valence-corrected chi connectivity index (χ0v) is 14.7. The first kappa shape index (κ1) is 17.9. The molecule has 3 rings (SSSR count). The Morgan fingerprint density at radius 2 is 2.08 bits per heavy atom. The fourth-order valence-electron chi connectivity index (χ4n) is 2.34. The Balaban J connectivity index is 2.06. The lowest BCUT2D eigenvalue weighted by Crippen LogP contribution is -2.16. The summed E-state index contributed by atoms with van der Waals surface area (Å²) in [7, 11) is 0. The molecule has 3 aromatic rings. The van der Waals surface area contributed by atoms with Crippen LogP contribution in [0.1, 0.15) is 24.0 Å². The van der Waals surface area contributed by atoms with Crippen LogP contribution in [-0.4, -0.2) is 22.5 Å². The van der Waals surface area contributed by atoms with Gasteiger partial charge in [-0.25, -0.2) is 14.4 Å². The maximum atomic E-state index is 13.3. The largest absolute Gasteiger partial charge is 0.494 e. The maximum Gasteiger partial charge on any atom is 0.286 e. The van der Waals surface area contributed by atoms with Gasteiger partial charge in [0.15, 0.2) is 0 Å². The normalized spacial score (nSPS) is 10.7. The van der Waals surface area contributed by atoms with E-state index in [1.54, 1.807) is 18.2 Å². The van der Waals surface area contributed by atoms with E-state index < -0.39 is 11.7 Å². The van der Waals surface area contributed by atoms with E-state index in [2.05, 4.69) is 15.3 Å². The van der Waals surface area contributed by atoms with Crippen molar-refractivity contribution in [2.24, 2.45) is 5.73 Å². The van der Waals surface area contributed by atoms with Gasteiger partial charge < -0.3 is 15.8 Å². The Hall–Kier alpha value is -2.93. The number of aromatic nitrogens is 2. The molecule has 2 aromatic carbocycles. The lowest BCUT2D eigenvalue weighted by molar-refractivity contribution is 0.0991. The van der Waals surface area contributed by atoms with Crippen LogP contribution in [0.4, 0.5) is 15.9 Å². The lowest BCUT2D eigenvalue weighted by atomic mass is 10.2. The SMILES string of the molecule is CCCOc1ccc2c(Nc3ccc(F)c(Cl)c3)nc(C(N)=O)nc2c1. The third-order valence-corrected chi connectivity index (χ3v) is 3.83. The molecule has 6 nitrogen and oxygen atoms in total. The zero-order chi connectivity index (χ0) is 18.7. The number of primary amides is 1. The lowest BCUT2D eigenvalue weighted by Gasteiger charge is -2.12. The number of hydrogen-bond acceptors (Lipinski definition) is 5. The number of hydrogen-bond donors (Lipinski definition) is 2. The molecule has 0 spiro atoms. The van der Waals surface area contributed by atoms with Crippen LogP contribution in [0.15, 0.2) is 36.4 Å². The van der Waals surface area contributed by atoms with Gasteiger partial charge in [0.1, 0.15) is 17.4 Å². The highest BCUT2D eigenvalue weighted by Gasteiger charge is 2.13. The zero-order valence-electron chi connectivity index (χ0n) is 13.9.